The smallest absolute Gasteiger partial charge is 0.0494 e. The molecular weight excluding hydrogens is 194 g/mol. The third-order valence-electron chi connectivity index (χ3n) is 2.54. The summed E-state index contributed by atoms with van der Waals surface area (Å²) in [5, 5.41) is 0. The number of alkyl halides is 1. The number of halogens is 1. The van der Waals surface area contributed by atoms with Gasteiger partial charge in [-0.3, -0.25) is 0 Å². The molecule has 0 aliphatic heterocycles. The van der Waals surface area contributed by atoms with Gasteiger partial charge in [0.2, 0.25) is 0 Å². The summed E-state index contributed by atoms with van der Waals surface area (Å²) in [5.74, 6) is 0.591. The van der Waals surface area contributed by atoms with Gasteiger partial charge in [-0.15, -0.1) is 11.6 Å². The van der Waals surface area contributed by atoms with Gasteiger partial charge in [-0.2, -0.15) is 0 Å². The van der Waals surface area contributed by atoms with Crippen molar-refractivity contribution < 1.29 is 0 Å². The topological polar surface area (TPSA) is 3.24 Å². The zero-order valence-corrected chi connectivity index (χ0v) is 9.93. The van der Waals surface area contributed by atoms with Crippen molar-refractivity contribution in [2.45, 2.75) is 26.7 Å². The molecule has 0 aliphatic rings. The van der Waals surface area contributed by atoms with Gasteiger partial charge in [-0.05, 0) is 31.9 Å². The highest BCUT2D eigenvalue weighted by Crippen LogP contribution is 2.26. The van der Waals surface area contributed by atoms with E-state index in [1.807, 2.05) is 0 Å². The monoisotopic (exact) mass is 211 g/mol. The zero-order valence-electron chi connectivity index (χ0n) is 9.18. The van der Waals surface area contributed by atoms with Gasteiger partial charge in [-0.1, -0.05) is 18.2 Å². The predicted molar refractivity (Wildman–Crippen MR) is 64.3 cm³/mol. The summed E-state index contributed by atoms with van der Waals surface area (Å²) in [6.07, 6.45) is 0. The van der Waals surface area contributed by atoms with Crippen LogP contribution < -0.4 is 4.90 Å². The normalized spacial score (nSPS) is 10.3. The second kappa shape index (κ2) is 5.26. The highest BCUT2D eigenvalue weighted by Gasteiger charge is 2.09. The Bertz CT molecular complexity index is 292. The van der Waals surface area contributed by atoms with Crippen LogP contribution in [0.25, 0.3) is 0 Å². The molecule has 0 spiro atoms. The van der Waals surface area contributed by atoms with Crippen LogP contribution in [0.1, 0.15) is 25.0 Å². The van der Waals surface area contributed by atoms with E-state index in [0.29, 0.717) is 5.88 Å². The maximum absolute atomic E-state index is 5.94. The van der Waals surface area contributed by atoms with E-state index in [-0.39, 0.29) is 0 Å². The molecule has 0 radical (unpaired) electrons. The summed E-state index contributed by atoms with van der Waals surface area (Å²) < 4.78 is 0. The quantitative estimate of drug-likeness (QED) is 0.689. The molecule has 0 bridgehead atoms. The van der Waals surface area contributed by atoms with Crippen molar-refractivity contribution in [1.29, 1.82) is 0 Å². The molecule has 1 nitrogen and oxygen atoms in total. The summed E-state index contributed by atoms with van der Waals surface area (Å²) >= 11 is 5.94. The number of anilines is 1. The van der Waals surface area contributed by atoms with E-state index in [1.165, 1.54) is 16.8 Å². The first kappa shape index (κ1) is 11.4. The zero-order chi connectivity index (χ0) is 10.6. The van der Waals surface area contributed by atoms with Crippen LogP contribution in [0.4, 0.5) is 5.69 Å². The number of nitrogens with zero attached hydrogens (tertiary/aromatic N) is 1. The Kier molecular flexibility index (Phi) is 4.27. The lowest BCUT2D eigenvalue weighted by molar-refractivity contribution is 0.856. The van der Waals surface area contributed by atoms with Crippen LogP contribution in [0.2, 0.25) is 0 Å². The van der Waals surface area contributed by atoms with Gasteiger partial charge >= 0.3 is 0 Å². The maximum Gasteiger partial charge on any atom is 0.0494 e. The van der Waals surface area contributed by atoms with Crippen molar-refractivity contribution in [3.8, 4) is 0 Å². The molecule has 0 unspecified atom stereocenters. The van der Waals surface area contributed by atoms with Crippen LogP contribution in [0.15, 0.2) is 18.2 Å². The Hall–Kier alpha value is -0.690. The standard InChI is InChI=1S/C12H18ClN/c1-4-14(5-2)12-10(3)7-6-8-11(12)9-13/h6-8H,4-5,9H2,1-3H3. The molecule has 1 aromatic rings. The highest BCUT2D eigenvalue weighted by atomic mass is 35.5. The van der Waals surface area contributed by atoms with E-state index < -0.39 is 0 Å². The van der Waals surface area contributed by atoms with Gasteiger partial charge in [0.15, 0.2) is 0 Å². The molecule has 78 valence electrons. The number of para-hydroxylation sites is 1. The van der Waals surface area contributed by atoms with Gasteiger partial charge in [0, 0.05) is 24.7 Å². The van der Waals surface area contributed by atoms with E-state index >= 15 is 0 Å². The minimum Gasteiger partial charge on any atom is -0.372 e. The Morgan fingerprint density at radius 3 is 2.36 bits per heavy atom. The Balaban J connectivity index is 3.14. The minimum atomic E-state index is 0.591. The van der Waals surface area contributed by atoms with Crippen LogP contribution in [0, 0.1) is 6.92 Å². The van der Waals surface area contributed by atoms with Crippen LogP contribution >= 0.6 is 11.6 Å². The third-order valence-corrected chi connectivity index (χ3v) is 2.83. The minimum absolute atomic E-state index is 0.591. The molecule has 0 atom stereocenters. The summed E-state index contributed by atoms with van der Waals surface area (Å²) in [7, 11) is 0. The fourth-order valence-corrected chi connectivity index (χ4v) is 2.04. The molecule has 0 saturated carbocycles. The molecule has 1 aromatic carbocycles. The van der Waals surface area contributed by atoms with Gasteiger partial charge in [0.05, 0.1) is 0 Å². The third kappa shape index (κ3) is 2.21. The molecular formula is C12H18ClN. The first-order valence-corrected chi connectivity index (χ1v) is 5.67. The lowest BCUT2D eigenvalue weighted by Gasteiger charge is -2.25. The van der Waals surface area contributed by atoms with Crippen molar-refractivity contribution >= 4 is 17.3 Å². The van der Waals surface area contributed by atoms with Crippen molar-refractivity contribution in [1.82, 2.24) is 0 Å². The van der Waals surface area contributed by atoms with E-state index in [9.17, 15) is 0 Å². The maximum atomic E-state index is 5.94. The average molecular weight is 212 g/mol. The molecule has 0 N–H and O–H groups in total. The van der Waals surface area contributed by atoms with Crippen molar-refractivity contribution in [3.63, 3.8) is 0 Å². The largest absolute Gasteiger partial charge is 0.372 e. The molecule has 0 amide bonds. The Morgan fingerprint density at radius 1 is 1.21 bits per heavy atom. The van der Waals surface area contributed by atoms with Crippen LogP contribution in [-0.4, -0.2) is 13.1 Å². The summed E-state index contributed by atoms with van der Waals surface area (Å²) in [4.78, 5) is 2.35. The number of benzene rings is 1. The molecule has 0 aromatic heterocycles. The second-order valence-electron chi connectivity index (χ2n) is 3.39. The van der Waals surface area contributed by atoms with Crippen LogP contribution in [-0.2, 0) is 5.88 Å². The van der Waals surface area contributed by atoms with Crippen molar-refractivity contribution in [3.05, 3.63) is 29.3 Å². The molecule has 0 aliphatic carbocycles. The molecule has 0 fully saturated rings. The van der Waals surface area contributed by atoms with Crippen LogP contribution in [0.5, 0.6) is 0 Å². The fraction of sp³-hybridized carbons (Fsp3) is 0.500. The molecule has 1 rings (SSSR count). The predicted octanol–water partition coefficient (Wildman–Crippen LogP) is 3.58. The van der Waals surface area contributed by atoms with E-state index in [1.54, 1.807) is 0 Å². The van der Waals surface area contributed by atoms with Gasteiger partial charge in [0.1, 0.15) is 0 Å². The SMILES string of the molecule is CCN(CC)c1c(C)cccc1CCl. The number of hydrogen-bond acceptors (Lipinski definition) is 1. The van der Waals surface area contributed by atoms with E-state index in [0.717, 1.165) is 13.1 Å². The summed E-state index contributed by atoms with van der Waals surface area (Å²) in [5.41, 5.74) is 3.86. The van der Waals surface area contributed by atoms with Crippen molar-refractivity contribution in [2.24, 2.45) is 0 Å². The van der Waals surface area contributed by atoms with Gasteiger partial charge in [0.25, 0.3) is 0 Å². The van der Waals surface area contributed by atoms with Gasteiger partial charge < -0.3 is 4.90 Å². The summed E-state index contributed by atoms with van der Waals surface area (Å²) in [6.45, 7) is 8.56. The van der Waals surface area contributed by atoms with Crippen molar-refractivity contribution in [2.75, 3.05) is 18.0 Å². The summed E-state index contributed by atoms with van der Waals surface area (Å²) in [6, 6.07) is 6.32. The highest BCUT2D eigenvalue weighted by molar-refractivity contribution is 6.17. The number of hydrogen-bond donors (Lipinski definition) is 0. The molecule has 0 saturated heterocycles. The number of aryl methyl sites for hydroxylation is 1. The molecule has 2 heteroatoms. The fourth-order valence-electron chi connectivity index (χ4n) is 1.82. The molecule has 0 heterocycles. The first-order chi connectivity index (χ1) is 6.74. The van der Waals surface area contributed by atoms with Crippen LogP contribution in [0.3, 0.4) is 0 Å². The lowest BCUT2D eigenvalue weighted by atomic mass is 10.1. The van der Waals surface area contributed by atoms with E-state index in [2.05, 4.69) is 43.9 Å². The van der Waals surface area contributed by atoms with E-state index in [4.69, 9.17) is 11.6 Å². The van der Waals surface area contributed by atoms with Gasteiger partial charge in [-0.25, -0.2) is 0 Å². The first-order valence-electron chi connectivity index (χ1n) is 5.14. The Morgan fingerprint density at radius 2 is 1.86 bits per heavy atom. The Labute approximate surface area is 91.7 Å². The lowest BCUT2D eigenvalue weighted by Crippen LogP contribution is -2.23. The second-order valence-corrected chi connectivity index (χ2v) is 3.66. The number of rotatable bonds is 4. The molecule has 14 heavy (non-hydrogen) atoms. The average Bonchev–Trinajstić information content (AvgIpc) is 2.22.